The van der Waals surface area contributed by atoms with Crippen molar-refractivity contribution in [2.24, 2.45) is 0 Å². The van der Waals surface area contributed by atoms with Crippen LogP contribution < -0.4 is 0 Å². The van der Waals surface area contributed by atoms with E-state index in [0.29, 0.717) is 0 Å². The van der Waals surface area contributed by atoms with Crippen LogP contribution in [0, 0.1) is 0 Å². The van der Waals surface area contributed by atoms with Gasteiger partial charge < -0.3 is 28.5 Å². The quantitative estimate of drug-likeness (QED) is 0.471. The molecule has 31 heavy (non-hydrogen) atoms. The Morgan fingerprint density at radius 3 is 2.19 bits per heavy atom. The van der Waals surface area contributed by atoms with Crippen molar-refractivity contribution < 1.29 is 38.1 Å². The van der Waals surface area contributed by atoms with Gasteiger partial charge in [-0.05, 0) is 23.7 Å². The van der Waals surface area contributed by atoms with Crippen molar-refractivity contribution in [3.8, 4) is 0 Å². The molecule has 8 nitrogen and oxygen atoms in total. The normalized spacial score (nSPS) is 27.0. The van der Waals surface area contributed by atoms with E-state index < -0.39 is 51.0 Å². The molecule has 0 saturated carbocycles. The first kappa shape index (κ1) is 25.5. The number of carboxylic acid groups (broad SMARTS) is 1. The van der Waals surface area contributed by atoms with Crippen LogP contribution in [0.15, 0.2) is 30.3 Å². The molecule has 0 spiro atoms. The Bertz CT molecular complexity index is 746. The van der Waals surface area contributed by atoms with Crippen molar-refractivity contribution in [1.29, 1.82) is 0 Å². The van der Waals surface area contributed by atoms with Crippen molar-refractivity contribution in [3.63, 3.8) is 0 Å². The molecule has 2 rings (SSSR count). The number of methoxy groups -OCH3 is 1. The molecule has 0 aliphatic carbocycles. The fraction of sp³-hybridized carbons (Fsp3) is 0.636. The van der Waals surface area contributed by atoms with Crippen molar-refractivity contribution in [2.75, 3.05) is 7.11 Å². The Kier molecular flexibility index (Phi) is 8.40. The predicted octanol–water partition coefficient (Wildman–Crippen LogP) is 3.35. The van der Waals surface area contributed by atoms with E-state index in [1.165, 1.54) is 14.0 Å². The van der Waals surface area contributed by atoms with Crippen LogP contribution in [0.1, 0.15) is 33.3 Å². The minimum atomic E-state index is -2.44. The molecule has 9 heteroatoms. The average molecular weight is 455 g/mol. The third-order valence-corrected chi connectivity index (χ3v) is 10.3. The lowest BCUT2D eigenvalue weighted by Gasteiger charge is -2.48. The summed E-state index contributed by atoms with van der Waals surface area (Å²) in [7, 11) is -1.07. The highest BCUT2D eigenvalue weighted by atomic mass is 28.4. The molecule has 0 amide bonds. The average Bonchev–Trinajstić information content (AvgIpc) is 2.66. The van der Waals surface area contributed by atoms with Crippen LogP contribution >= 0.6 is 0 Å². The zero-order valence-electron chi connectivity index (χ0n) is 19.3. The summed E-state index contributed by atoms with van der Waals surface area (Å²) in [4.78, 5) is 23.9. The molecule has 1 fully saturated rings. The molecule has 1 aromatic rings. The second-order valence-corrected chi connectivity index (χ2v) is 13.9. The summed E-state index contributed by atoms with van der Waals surface area (Å²) >= 11 is 0. The molecular weight excluding hydrogens is 420 g/mol. The van der Waals surface area contributed by atoms with Crippen LogP contribution in [-0.2, 0) is 39.6 Å². The molecule has 1 aliphatic heterocycles. The molecular formula is C22H34O8Si. The lowest BCUT2D eigenvalue weighted by molar-refractivity contribution is -0.296. The van der Waals surface area contributed by atoms with Gasteiger partial charge in [0.25, 0.3) is 0 Å². The summed E-state index contributed by atoms with van der Waals surface area (Å²) < 4.78 is 29.1. The van der Waals surface area contributed by atoms with Crippen molar-refractivity contribution in [1.82, 2.24) is 0 Å². The van der Waals surface area contributed by atoms with Gasteiger partial charge in [-0.1, -0.05) is 51.1 Å². The summed E-state index contributed by atoms with van der Waals surface area (Å²) in [5.41, 5.74) is 0.891. The molecule has 5 atom stereocenters. The number of carbonyl (C=O) groups is 2. The highest BCUT2D eigenvalue weighted by Crippen LogP contribution is 2.40. The lowest BCUT2D eigenvalue weighted by atomic mass is 9.98. The van der Waals surface area contributed by atoms with Crippen LogP contribution in [0.25, 0.3) is 0 Å². The number of aliphatic carboxylic acids is 1. The minimum absolute atomic E-state index is 0.184. The molecule has 0 radical (unpaired) electrons. The monoisotopic (exact) mass is 454 g/mol. The van der Waals surface area contributed by atoms with Gasteiger partial charge in [0.15, 0.2) is 26.8 Å². The van der Waals surface area contributed by atoms with E-state index in [9.17, 15) is 14.7 Å². The molecule has 1 unspecified atom stereocenters. The summed E-state index contributed by atoms with van der Waals surface area (Å²) in [6.45, 7) is 11.7. The molecule has 1 heterocycles. The third-order valence-electron chi connectivity index (χ3n) is 5.79. The number of esters is 1. The highest BCUT2D eigenvalue weighted by Gasteiger charge is 2.55. The largest absolute Gasteiger partial charge is 0.479 e. The number of hydrogen-bond donors (Lipinski definition) is 1. The Labute approximate surface area is 184 Å². The molecule has 1 N–H and O–H groups in total. The van der Waals surface area contributed by atoms with Gasteiger partial charge in [0.05, 0.1) is 6.61 Å². The topological polar surface area (TPSA) is 101 Å². The summed E-state index contributed by atoms with van der Waals surface area (Å²) in [6.07, 6.45) is -5.33. The number of carboxylic acids is 1. The third kappa shape index (κ3) is 6.36. The Balaban J connectivity index is 2.45. The number of hydrogen-bond acceptors (Lipinski definition) is 7. The van der Waals surface area contributed by atoms with Gasteiger partial charge in [-0.3, -0.25) is 4.79 Å². The van der Waals surface area contributed by atoms with E-state index in [-0.39, 0.29) is 11.6 Å². The SMILES string of the molecule is COC1O[C@@H](C(=O)O)[C@@H](O[Si](C)(C)C(C)(C)C)[C@H](OCc2ccccc2)[C@H]1OC(C)=O. The highest BCUT2D eigenvalue weighted by molar-refractivity contribution is 6.74. The molecule has 0 bridgehead atoms. The van der Waals surface area contributed by atoms with E-state index >= 15 is 0 Å². The van der Waals surface area contributed by atoms with Crippen LogP contribution in [0.4, 0.5) is 0 Å². The van der Waals surface area contributed by atoms with E-state index in [2.05, 4.69) is 20.8 Å². The number of rotatable bonds is 8. The van der Waals surface area contributed by atoms with Crippen LogP contribution in [0.5, 0.6) is 0 Å². The molecule has 1 aromatic carbocycles. The molecule has 1 saturated heterocycles. The fourth-order valence-corrected chi connectivity index (χ4v) is 4.41. The van der Waals surface area contributed by atoms with Crippen molar-refractivity contribution in [3.05, 3.63) is 35.9 Å². The molecule has 174 valence electrons. The Morgan fingerprint density at radius 2 is 1.71 bits per heavy atom. The van der Waals surface area contributed by atoms with Crippen LogP contribution in [-0.4, -0.2) is 63.2 Å². The van der Waals surface area contributed by atoms with E-state index in [4.69, 9.17) is 23.4 Å². The maximum Gasteiger partial charge on any atom is 0.335 e. The summed E-state index contributed by atoms with van der Waals surface area (Å²) in [5.74, 6) is -1.75. The van der Waals surface area contributed by atoms with E-state index in [0.717, 1.165) is 5.56 Å². The zero-order chi connectivity index (χ0) is 23.4. The van der Waals surface area contributed by atoms with E-state index in [1.807, 2.05) is 43.4 Å². The number of benzene rings is 1. The van der Waals surface area contributed by atoms with Gasteiger partial charge in [-0.2, -0.15) is 0 Å². The second kappa shape index (κ2) is 10.2. The van der Waals surface area contributed by atoms with Crippen molar-refractivity contribution >= 4 is 20.3 Å². The van der Waals surface area contributed by atoms with Gasteiger partial charge in [0.2, 0.25) is 0 Å². The van der Waals surface area contributed by atoms with Gasteiger partial charge in [-0.25, -0.2) is 4.79 Å². The van der Waals surface area contributed by atoms with Crippen molar-refractivity contribution in [2.45, 2.75) is 83.1 Å². The molecule has 1 aliphatic rings. The van der Waals surface area contributed by atoms with E-state index in [1.54, 1.807) is 0 Å². The zero-order valence-corrected chi connectivity index (χ0v) is 20.3. The van der Waals surface area contributed by atoms with Crippen LogP contribution in [0.2, 0.25) is 18.1 Å². The summed E-state index contributed by atoms with van der Waals surface area (Å²) in [5, 5.41) is 9.70. The fourth-order valence-electron chi connectivity index (χ4n) is 3.12. The standard InChI is InChI=1S/C22H34O8Si/c1-14(23)28-19-16(27-13-15-11-9-8-10-12-15)17(30-31(6,7)22(2,3)4)18(20(24)25)29-21(19)26-5/h8-12,16-19,21H,13H2,1-7H3,(H,24,25)/t16-,17-,18+,19+,21?/m0/s1. The van der Waals surface area contributed by atoms with Gasteiger partial charge in [-0.15, -0.1) is 0 Å². The predicted molar refractivity (Wildman–Crippen MR) is 116 cm³/mol. The Hall–Kier alpha value is -1.78. The number of carbonyl (C=O) groups excluding carboxylic acids is 1. The first-order valence-corrected chi connectivity index (χ1v) is 13.2. The Morgan fingerprint density at radius 1 is 1.10 bits per heavy atom. The second-order valence-electron chi connectivity index (χ2n) is 9.18. The smallest absolute Gasteiger partial charge is 0.335 e. The number of ether oxygens (including phenoxy) is 4. The van der Waals surface area contributed by atoms with Gasteiger partial charge >= 0.3 is 11.9 Å². The first-order chi connectivity index (χ1) is 14.4. The lowest BCUT2D eigenvalue weighted by Crippen LogP contribution is -2.65. The maximum absolute atomic E-state index is 12.1. The maximum atomic E-state index is 12.1. The van der Waals surface area contributed by atoms with Gasteiger partial charge in [0, 0.05) is 14.0 Å². The van der Waals surface area contributed by atoms with Gasteiger partial charge in [0.1, 0.15) is 12.2 Å². The minimum Gasteiger partial charge on any atom is -0.479 e. The van der Waals surface area contributed by atoms with Crippen LogP contribution in [0.3, 0.4) is 0 Å². The molecule has 0 aromatic heterocycles. The first-order valence-electron chi connectivity index (χ1n) is 10.3. The summed E-state index contributed by atoms with van der Waals surface area (Å²) in [6, 6.07) is 9.45.